The minimum absolute atomic E-state index is 1.31. The number of nitrogens with zero attached hydrogens (tertiary/aromatic N) is 2. The van der Waals surface area contributed by atoms with Gasteiger partial charge >= 0.3 is 0 Å². The van der Waals surface area contributed by atoms with E-state index in [1.165, 1.54) is 51.9 Å². The third-order valence-electron chi connectivity index (χ3n) is 4.76. The quantitative estimate of drug-likeness (QED) is 0.769. The van der Waals surface area contributed by atoms with Crippen molar-refractivity contribution in [2.24, 2.45) is 0 Å². The standard InChI is InChI=1S/C15H24N2Si/c1-18(16-11-5-6-12-16,17-13-7-8-14-17)15-9-3-2-4-10-15/h2-4,9-10H,5-8,11-14H2,1H3. The molecule has 0 unspecified atom stereocenters. The fourth-order valence-corrected chi connectivity index (χ4v) is 7.95. The molecular formula is C15H24N2Si. The van der Waals surface area contributed by atoms with E-state index in [9.17, 15) is 0 Å². The van der Waals surface area contributed by atoms with Crippen molar-refractivity contribution >= 4 is 13.6 Å². The average Bonchev–Trinajstić information content (AvgIpc) is 3.12. The van der Waals surface area contributed by atoms with Gasteiger partial charge in [-0.05, 0) is 63.6 Å². The van der Waals surface area contributed by atoms with Crippen molar-refractivity contribution < 1.29 is 0 Å². The Morgan fingerprint density at radius 2 is 1.22 bits per heavy atom. The second kappa shape index (κ2) is 5.15. The van der Waals surface area contributed by atoms with E-state index in [2.05, 4.69) is 46.0 Å². The van der Waals surface area contributed by atoms with Crippen molar-refractivity contribution in [3.05, 3.63) is 30.3 Å². The zero-order valence-corrected chi connectivity index (χ0v) is 12.4. The summed E-state index contributed by atoms with van der Waals surface area (Å²) in [4.78, 5) is 0. The molecule has 2 heterocycles. The van der Waals surface area contributed by atoms with Crippen molar-refractivity contribution in [3.8, 4) is 0 Å². The Labute approximate surface area is 112 Å². The number of rotatable bonds is 3. The molecule has 1 aromatic carbocycles. The van der Waals surface area contributed by atoms with Gasteiger partial charge in [0.25, 0.3) is 0 Å². The molecule has 0 N–H and O–H groups in total. The van der Waals surface area contributed by atoms with Crippen LogP contribution in [0.3, 0.4) is 0 Å². The molecule has 2 aliphatic heterocycles. The second-order valence-corrected chi connectivity index (χ2v) is 9.66. The Morgan fingerprint density at radius 3 is 1.67 bits per heavy atom. The smallest absolute Gasteiger partial charge is 0.236 e. The van der Waals surface area contributed by atoms with Crippen LogP contribution >= 0.6 is 0 Å². The monoisotopic (exact) mass is 260 g/mol. The first-order chi connectivity index (χ1) is 8.82. The van der Waals surface area contributed by atoms with Crippen LogP contribution in [0, 0.1) is 0 Å². The molecule has 0 aromatic heterocycles. The summed E-state index contributed by atoms with van der Waals surface area (Å²) < 4.78 is 5.65. The minimum atomic E-state index is -1.59. The predicted molar refractivity (Wildman–Crippen MR) is 79.3 cm³/mol. The van der Waals surface area contributed by atoms with Gasteiger partial charge in [-0.3, -0.25) is 0 Å². The maximum absolute atomic E-state index is 2.83. The molecule has 0 bridgehead atoms. The first-order valence-electron chi connectivity index (χ1n) is 7.37. The summed E-state index contributed by atoms with van der Waals surface area (Å²) in [6.45, 7) is 7.82. The topological polar surface area (TPSA) is 6.48 Å². The second-order valence-electron chi connectivity index (χ2n) is 5.78. The number of hydrogen-bond donors (Lipinski definition) is 0. The molecule has 3 rings (SSSR count). The van der Waals surface area contributed by atoms with Crippen LogP contribution in [0.15, 0.2) is 30.3 Å². The molecule has 2 fully saturated rings. The molecule has 0 amide bonds. The van der Waals surface area contributed by atoms with Gasteiger partial charge in [0.1, 0.15) is 0 Å². The molecule has 3 heteroatoms. The van der Waals surface area contributed by atoms with Gasteiger partial charge in [-0.2, -0.15) is 0 Å². The Hall–Kier alpha value is -0.643. The molecule has 0 atom stereocenters. The highest BCUT2D eigenvalue weighted by molar-refractivity contribution is 6.86. The van der Waals surface area contributed by atoms with Crippen LogP contribution in [-0.2, 0) is 0 Å². The highest BCUT2D eigenvalue weighted by atomic mass is 28.3. The highest BCUT2D eigenvalue weighted by Crippen LogP contribution is 2.25. The third kappa shape index (κ3) is 2.04. The SMILES string of the molecule is C[Si](c1ccccc1)(N1CCCC1)N1CCCC1. The maximum Gasteiger partial charge on any atom is 0.236 e. The van der Waals surface area contributed by atoms with Crippen LogP contribution in [0.4, 0.5) is 0 Å². The van der Waals surface area contributed by atoms with Gasteiger partial charge in [-0.25, -0.2) is 0 Å². The van der Waals surface area contributed by atoms with Gasteiger partial charge < -0.3 is 9.13 Å². The molecule has 0 saturated carbocycles. The van der Waals surface area contributed by atoms with E-state index >= 15 is 0 Å². The number of hydrogen-bond acceptors (Lipinski definition) is 2. The lowest BCUT2D eigenvalue weighted by atomic mass is 10.4. The van der Waals surface area contributed by atoms with Gasteiger partial charge in [0, 0.05) is 0 Å². The normalized spacial score (nSPS) is 22.7. The first kappa shape index (κ1) is 12.4. The van der Waals surface area contributed by atoms with Crippen molar-refractivity contribution in [3.63, 3.8) is 0 Å². The fraction of sp³-hybridized carbons (Fsp3) is 0.600. The fourth-order valence-electron chi connectivity index (χ4n) is 3.62. The Morgan fingerprint density at radius 1 is 0.778 bits per heavy atom. The van der Waals surface area contributed by atoms with Gasteiger partial charge in [0.05, 0.1) is 0 Å². The molecule has 0 radical (unpaired) electrons. The van der Waals surface area contributed by atoms with E-state index < -0.39 is 8.40 Å². The van der Waals surface area contributed by atoms with Crippen LogP contribution in [0.5, 0.6) is 0 Å². The highest BCUT2D eigenvalue weighted by Gasteiger charge is 2.44. The zero-order valence-electron chi connectivity index (χ0n) is 11.4. The molecule has 0 aliphatic carbocycles. The number of benzene rings is 1. The molecule has 18 heavy (non-hydrogen) atoms. The summed E-state index contributed by atoms with van der Waals surface area (Å²) in [5.41, 5.74) is 0. The lowest BCUT2D eigenvalue weighted by Gasteiger charge is -2.43. The summed E-state index contributed by atoms with van der Waals surface area (Å²) in [5, 5.41) is 1.61. The zero-order chi connectivity index (χ0) is 12.4. The Bertz CT molecular complexity index is 365. The van der Waals surface area contributed by atoms with Crippen molar-refractivity contribution in [1.29, 1.82) is 0 Å². The summed E-state index contributed by atoms with van der Waals surface area (Å²) >= 11 is 0. The molecule has 2 nitrogen and oxygen atoms in total. The van der Waals surface area contributed by atoms with Crippen molar-refractivity contribution in [1.82, 2.24) is 9.13 Å². The third-order valence-corrected chi connectivity index (χ3v) is 9.55. The summed E-state index contributed by atoms with van der Waals surface area (Å²) in [6.07, 6.45) is 5.57. The average molecular weight is 260 g/mol. The lowest BCUT2D eigenvalue weighted by Crippen LogP contribution is -2.69. The van der Waals surface area contributed by atoms with Gasteiger partial charge in [0.2, 0.25) is 8.40 Å². The minimum Gasteiger partial charge on any atom is -0.308 e. The Kier molecular flexibility index (Phi) is 3.55. The van der Waals surface area contributed by atoms with Crippen molar-refractivity contribution in [2.45, 2.75) is 32.2 Å². The Balaban J connectivity index is 1.96. The van der Waals surface area contributed by atoms with E-state index in [0.29, 0.717) is 0 Å². The molecular weight excluding hydrogens is 236 g/mol. The van der Waals surface area contributed by atoms with E-state index in [-0.39, 0.29) is 0 Å². The predicted octanol–water partition coefficient (Wildman–Crippen LogP) is 2.16. The van der Waals surface area contributed by atoms with Crippen LogP contribution in [-0.4, -0.2) is 43.7 Å². The summed E-state index contributed by atoms with van der Waals surface area (Å²) in [6, 6.07) is 11.3. The summed E-state index contributed by atoms with van der Waals surface area (Å²) in [7, 11) is -1.59. The van der Waals surface area contributed by atoms with Gasteiger partial charge in [-0.1, -0.05) is 30.3 Å². The van der Waals surface area contributed by atoms with Crippen LogP contribution in [0.25, 0.3) is 0 Å². The molecule has 2 aliphatic rings. The maximum atomic E-state index is 2.83. The van der Waals surface area contributed by atoms with Crippen LogP contribution < -0.4 is 5.19 Å². The van der Waals surface area contributed by atoms with E-state index in [1.54, 1.807) is 5.19 Å². The van der Waals surface area contributed by atoms with Gasteiger partial charge in [0.15, 0.2) is 0 Å². The largest absolute Gasteiger partial charge is 0.308 e. The molecule has 2 saturated heterocycles. The van der Waals surface area contributed by atoms with Gasteiger partial charge in [-0.15, -0.1) is 0 Å². The molecule has 0 spiro atoms. The molecule has 1 aromatic rings. The first-order valence-corrected chi connectivity index (χ1v) is 9.77. The lowest BCUT2D eigenvalue weighted by molar-refractivity contribution is 0.413. The van der Waals surface area contributed by atoms with Crippen LogP contribution in [0.1, 0.15) is 25.7 Å². The van der Waals surface area contributed by atoms with E-state index in [1.807, 2.05) is 0 Å². The van der Waals surface area contributed by atoms with E-state index in [4.69, 9.17) is 0 Å². The van der Waals surface area contributed by atoms with E-state index in [0.717, 1.165) is 0 Å². The van der Waals surface area contributed by atoms with Crippen LogP contribution in [0.2, 0.25) is 6.55 Å². The molecule has 98 valence electrons. The summed E-state index contributed by atoms with van der Waals surface area (Å²) in [5.74, 6) is 0. The van der Waals surface area contributed by atoms with Crippen molar-refractivity contribution in [2.75, 3.05) is 26.2 Å².